The molecule has 0 aromatic carbocycles. The Balaban J connectivity index is 2.37. The van der Waals surface area contributed by atoms with Crippen molar-refractivity contribution in [1.29, 1.82) is 0 Å². The quantitative estimate of drug-likeness (QED) is 0.737. The summed E-state index contributed by atoms with van der Waals surface area (Å²) in [4.78, 5) is 11.4. The summed E-state index contributed by atoms with van der Waals surface area (Å²) in [5.41, 5.74) is 1.84. The highest BCUT2D eigenvalue weighted by atomic mass is 16.5. The van der Waals surface area contributed by atoms with Crippen molar-refractivity contribution in [2.45, 2.75) is 33.6 Å². The zero-order valence-electron chi connectivity index (χ0n) is 7.96. The molecule has 0 atom stereocenters. The number of aromatic amines is 1. The first kappa shape index (κ1) is 8.56. The molecule has 2 rings (SSSR count). The number of hydrogen-bond donors (Lipinski definition) is 1. The van der Waals surface area contributed by atoms with E-state index in [2.05, 4.69) is 18.9 Å². The van der Waals surface area contributed by atoms with Crippen molar-refractivity contribution in [3.8, 4) is 0 Å². The van der Waals surface area contributed by atoms with Gasteiger partial charge in [0.05, 0.1) is 24.5 Å². The van der Waals surface area contributed by atoms with Gasteiger partial charge >= 0.3 is 0 Å². The van der Waals surface area contributed by atoms with Gasteiger partial charge in [0.25, 0.3) is 5.56 Å². The van der Waals surface area contributed by atoms with Gasteiger partial charge in [0.2, 0.25) is 0 Å². The number of rotatable bonds is 2. The fourth-order valence-electron chi connectivity index (χ4n) is 1.64. The van der Waals surface area contributed by atoms with E-state index in [0.29, 0.717) is 19.1 Å². The Morgan fingerprint density at radius 1 is 1.54 bits per heavy atom. The molecule has 1 aromatic heterocycles. The summed E-state index contributed by atoms with van der Waals surface area (Å²) in [6.07, 6.45) is 0. The first-order valence-electron chi connectivity index (χ1n) is 4.56. The van der Waals surface area contributed by atoms with Crippen LogP contribution in [0.15, 0.2) is 4.79 Å². The van der Waals surface area contributed by atoms with Gasteiger partial charge in [0, 0.05) is 6.54 Å². The average Bonchev–Trinajstić information content (AvgIpc) is 2.56. The number of fused-ring (bicyclic) bond motifs is 1. The van der Waals surface area contributed by atoms with Crippen molar-refractivity contribution in [1.82, 2.24) is 9.78 Å². The molecule has 0 bridgehead atoms. The molecule has 2 heterocycles. The van der Waals surface area contributed by atoms with Gasteiger partial charge in [0.1, 0.15) is 0 Å². The topological polar surface area (TPSA) is 47.0 Å². The molecule has 4 nitrogen and oxygen atoms in total. The Morgan fingerprint density at radius 2 is 2.31 bits per heavy atom. The fourth-order valence-corrected chi connectivity index (χ4v) is 1.64. The third kappa shape index (κ3) is 1.42. The number of nitrogens with zero attached hydrogens (tertiary/aromatic N) is 1. The van der Waals surface area contributed by atoms with Crippen LogP contribution in [0.25, 0.3) is 0 Å². The lowest BCUT2D eigenvalue weighted by Crippen LogP contribution is -2.12. The third-order valence-electron chi connectivity index (χ3n) is 2.22. The van der Waals surface area contributed by atoms with E-state index in [1.807, 2.05) is 4.68 Å². The predicted molar refractivity (Wildman–Crippen MR) is 48.4 cm³/mol. The maximum Gasteiger partial charge on any atom is 0.269 e. The van der Waals surface area contributed by atoms with Crippen LogP contribution in [0.5, 0.6) is 0 Å². The second kappa shape index (κ2) is 3.03. The lowest BCUT2D eigenvalue weighted by Gasteiger charge is -2.08. The van der Waals surface area contributed by atoms with Crippen LogP contribution in [-0.4, -0.2) is 9.78 Å². The molecule has 0 saturated carbocycles. The third-order valence-corrected chi connectivity index (χ3v) is 2.22. The number of nitrogens with one attached hydrogen (secondary N) is 1. The summed E-state index contributed by atoms with van der Waals surface area (Å²) in [7, 11) is 0. The summed E-state index contributed by atoms with van der Waals surface area (Å²) in [5, 5.41) is 2.83. The van der Waals surface area contributed by atoms with E-state index in [1.165, 1.54) is 0 Å². The van der Waals surface area contributed by atoms with Crippen LogP contribution < -0.4 is 5.56 Å². The van der Waals surface area contributed by atoms with Gasteiger partial charge in [-0.05, 0) is 5.92 Å². The van der Waals surface area contributed by atoms with Crippen molar-refractivity contribution < 1.29 is 4.74 Å². The van der Waals surface area contributed by atoms with Gasteiger partial charge in [-0.15, -0.1) is 0 Å². The Morgan fingerprint density at radius 3 is 3.00 bits per heavy atom. The number of ether oxygens (including phenoxy) is 1. The number of aromatic nitrogens is 2. The first-order chi connectivity index (χ1) is 6.18. The molecule has 1 aliphatic heterocycles. The lowest BCUT2D eigenvalue weighted by molar-refractivity contribution is 0.128. The Labute approximate surface area is 76.5 Å². The maximum atomic E-state index is 11.4. The van der Waals surface area contributed by atoms with Crippen LogP contribution >= 0.6 is 0 Å². The molecule has 0 aliphatic carbocycles. The smallest absolute Gasteiger partial charge is 0.269 e. The second-order valence-electron chi connectivity index (χ2n) is 3.86. The lowest BCUT2D eigenvalue weighted by atomic mass is 10.2. The summed E-state index contributed by atoms with van der Waals surface area (Å²) in [6.45, 7) is 6.14. The fraction of sp³-hybridized carbons (Fsp3) is 0.667. The van der Waals surface area contributed by atoms with Crippen LogP contribution in [0.2, 0.25) is 0 Å². The van der Waals surface area contributed by atoms with Crippen LogP contribution in [0.4, 0.5) is 0 Å². The molecule has 1 N–H and O–H groups in total. The van der Waals surface area contributed by atoms with Gasteiger partial charge in [-0.3, -0.25) is 14.6 Å². The molecule has 0 spiro atoms. The summed E-state index contributed by atoms with van der Waals surface area (Å²) in [6, 6.07) is 0. The molecule has 0 amide bonds. The minimum Gasteiger partial charge on any atom is -0.370 e. The van der Waals surface area contributed by atoms with Gasteiger partial charge < -0.3 is 4.74 Å². The maximum absolute atomic E-state index is 11.4. The molecule has 0 saturated heterocycles. The van der Waals surface area contributed by atoms with Crippen molar-refractivity contribution in [3.63, 3.8) is 0 Å². The molecule has 0 unspecified atom stereocenters. The normalized spacial score (nSPS) is 15.3. The van der Waals surface area contributed by atoms with E-state index in [-0.39, 0.29) is 5.56 Å². The van der Waals surface area contributed by atoms with E-state index < -0.39 is 0 Å². The van der Waals surface area contributed by atoms with Crippen LogP contribution in [0.1, 0.15) is 25.1 Å². The highest BCUT2D eigenvalue weighted by molar-refractivity contribution is 5.19. The number of hydrogen-bond acceptors (Lipinski definition) is 2. The Bertz CT molecular complexity index is 362. The Kier molecular flexibility index (Phi) is 2.00. The molecular formula is C9H14N2O2. The van der Waals surface area contributed by atoms with E-state index in [0.717, 1.165) is 17.8 Å². The molecule has 4 heteroatoms. The minimum absolute atomic E-state index is 0.00755. The zero-order valence-corrected chi connectivity index (χ0v) is 7.96. The van der Waals surface area contributed by atoms with Crippen molar-refractivity contribution in [2.24, 2.45) is 5.92 Å². The number of H-pyrrole nitrogens is 1. The molecule has 0 fully saturated rings. The van der Waals surface area contributed by atoms with Crippen LogP contribution in [0.3, 0.4) is 0 Å². The van der Waals surface area contributed by atoms with Crippen molar-refractivity contribution in [2.75, 3.05) is 0 Å². The molecule has 13 heavy (non-hydrogen) atoms. The zero-order chi connectivity index (χ0) is 9.42. The SMILES string of the molecule is CC(C)Cn1[nH]c(=O)c2c1COC2. The minimum atomic E-state index is 0.00755. The largest absolute Gasteiger partial charge is 0.370 e. The van der Waals surface area contributed by atoms with E-state index in [1.54, 1.807) is 0 Å². The van der Waals surface area contributed by atoms with Crippen LogP contribution in [-0.2, 0) is 24.5 Å². The van der Waals surface area contributed by atoms with Gasteiger partial charge in [0.15, 0.2) is 0 Å². The van der Waals surface area contributed by atoms with E-state index in [9.17, 15) is 4.79 Å². The highest BCUT2D eigenvalue weighted by Crippen LogP contribution is 2.16. The van der Waals surface area contributed by atoms with E-state index in [4.69, 9.17) is 4.74 Å². The standard InChI is InChI=1S/C9H14N2O2/c1-6(2)3-11-8-5-13-4-7(8)9(12)10-11/h6H,3-5H2,1-2H3,(H,10,12). The van der Waals surface area contributed by atoms with Gasteiger partial charge in [-0.1, -0.05) is 13.8 Å². The molecule has 1 aliphatic rings. The highest BCUT2D eigenvalue weighted by Gasteiger charge is 2.20. The van der Waals surface area contributed by atoms with E-state index >= 15 is 0 Å². The first-order valence-corrected chi connectivity index (χ1v) is 4.56. The second-order valence-corrected chi connectivity index (χ2v) is 3.86. The molecule has 0 radical (unpaired) electrons. The van der Waals surface area contributed by atoms with Gasteiger partial charge in [-0.2, -0.15) is 0 Å². The predicted octanol–water partition coefficient (Wildman–Crippen LogP) is 0.863. The summed E-state index contributed by atoms with van der Waals surface area (Å²) in [5.74, 6) is 0.535. The molecule has 1 aromatic rings. The van der Waals surface area contributed by atoms with Crippen molar-refractivity contribution >= 4 is 0 Å². The van der Waals surface area contributed by atoms with Gasteiger partial charge in [-0.25, -0.2) is 0 Å². The average molecular weight is 182 g/mol. The molecular weight excluding hydrogens is 168 g/mol. The Hall–Kier alpha value is -1.03. The summed E-state index contributed by atoms with van der Waals surface area (Å²) >= 11 is 0. The summed E-state index contributed by atoms with van der Waals surface area (Å²) < 4.78 is 7.13. The van der Waals surface area contributed by atoms with Crippen LogP contribution in [0, 0.1) is 5.92 Å². The monoisotopic (exact) mass is 182 g/mol. The van der Waals surface area contributed by atoms with Crippen molar-refractivity contribution in [3.05, 3.63) is 21.6 Å². The molecule has 72 valence electrons.